The van der Waals surface area contributed by atoms with E-state index in [4.69, 9.17) is 10.5 Å². The van der Waals surface area contributed by atoms with Crippen molar-refractivity contribution in [2.45, 2.75) is 13.8 Å². The van der Waals surface area contributed by atoms with Crippen LogP contribution in [0.5, 0.6) is 5.75 Å². The molecular weight excluding hydrogens is 264 g/mol. The van der Waals surface area contributed by atoms with Crippen molar-refractivity contribution in [3.05, 3.63) is 53.6 Å². The summed E-state index contributed by atoms with van der Waals surface area (Å²) in [6.07, 6.45) is 0. The Bertz CT molecular complexity index is 653. The summed E-state index contributed by atoms with van der Waals surface area (Å²) in [7, 11) is 1.56. The summed E-state index contributed by atoms with van der Waals surface area (Å²) in [5, 5.41) is 0. The maximum absolute atomic E-state index is 12.9. The first kappa shape index (κ1) is 14.9. The van der Waals surface area contributed by atoms with Gasteiger partial charge in [0, 0.05) is 6.54 Å². The Morgan fingerprint density at radius 2 is 1.95 bits per heavy atom. The van der Waals surface area contributed by atoms with Gasteiger partial charge in [0.05, 0.1) is 24.0 Å². The van der Waals surface area contributed by atoms with E-state index in [1.54, 1.807) is 18.1 Å². The number of methoxy groups -OCH3 is 1. The van der Waals surface area contributed by atoms with Gasteiger partial charge in [-0.3, -0.25) is 4.79 Å². The highest BCUT2D eigenvalue weighted by Crippen LogP contribution is 2.27. The van der Waals surface area contributed by atoms with Gasteiger partial charge in [0.15, 0.2) is 0 Å². The fraction of sp³-hybridized carbons (Fsp3) is 0.235. The predicted octanol–water partition coefficient (Wildman–Crippen LogP) is 3.25. The number of aryl methyl sites for hydroxylation is 1. The van der Waals surface area contributed by atoms with Gasteiger partial charge in [0.1, 0.15) is 5.75 Å². The molecule has 0 aliphatic carbocycles. The van der Waals surface area contributed by atoms with Crippen LogP contribution in [-0.4, -0.2) is 19.6 Å². The monoisotopic (exact) mass is 284 g/mol. The van der Waals surface area contributed by atoms with Gasteiger partial charge in [-0.15, -0.1) is 0 Å². The minimum absolute atomic E-state index is 0.115. The van der Waals surface area contributed by atoms with Gasteiger partial charge in [-0.1, -0.05) is 23.8 Å². The van der Waals surface area contributed by atoms with E-state index < -0.39 is 0 Å². The molecule has 0 atom stereocenters. The van der Waals surface area contributed by atoms with Crippen LogP contribution in [0, 0.1) is 6.92 Å². The zero-order chi connectivity index (χ0) is 15.4. The lowest BCUT2D eigenvalue weighted by Crippen LogP contribution is -2.31. The first-order chi connectivity index (χ1) is 10.1. The molecule has 2 rings (SSSR count). The molecule has 4 nitrogen and oxygen atoms in total. The standard InChI is InChI=1S/C17H20N2O2/c1-4-19(15-8-6-5-7-14(15)18)17(20)13-11-12(2)9-10-16(13)21-3/h5-11H,4,18H2,1-3H3. The van der Waals surface area contributed by atoms with Gasteiger partial charge < -0.3 is 15.4 Å². The number of carbonyl (C=O) groups is 1. The second-order valence-corrected chi connectivity index (χ2v) is 4.81. The van der Waals surface area contributed by atoms with Crippen LogP contribution in [0.25, 0.3) is 0 Å². The van der Waals surface area contributed by atoms with Crippen molar-refractivity contribution in [2.75, 3.05) is 24.3 Å². The number of hydrogen-bond donors (Lipinski definition) is 1. The molecule has 0 spiro atoms. The molecule has 0 heterocycles. The molecule has 0 aliphatic rings. The molecule has 0 aliphatic heterocycles. The molecule has 110 valence electrons. The fourth-order valence-electron chi connectivity index (χ4n) is 2.29. The van der Waals surface area contributed by atoms with E-state index in [-0.39, 0.29) is 5.91 Å². The number of anilines is 2. The summed E-state index contributed by atoms with van der Waals surface area (Å²) in [4.78, 5) is 14.5. The molecule has 0 fully saturated rings. The predicted molar refractivity (Wildman–Crippen MR) is 85.9 cm³/mol. The summed E-state index contributed by atoms with van der Waals surface area (Å²) in [6, 6.07) is 12.9. The van der Waals surface area contributed by atoms with E-state index in [9.17, 15) is 4.79 Å². The number of nitrogens with two attached hydrogens (primary N) is 1. The van der Waals surface area contributed by atoms with Crippen molar-refractivity contribution in [3.8, 4) is 5.75 Å². The highest BCUT2D eigenvalue weighted by atomic mass is 16.5. The maximum atomic E-state index is 12.9. The Morgan fingerprint density at radius 1 is 1.24 bits per heavy atom. The molecule has 2 aromatic carbocycles. The lowest BCUT2D eigenvalue weighted by atomic mass is 10.1. The summed E-state index contributed by atoms with van der Waals surface area (Å²) < 4.78 is 5.30. The van der Waals surface area contributed by atoms with E-state index in [1.165, 1.54) is 0 Å². The van der Waals surface area contributed by atoms with Crippen molar-refractivity contribution >= 4 is 17.3 Å². The van der Waals surface area contributed by atoms with Crippen LogP contribution in [0.2, 0.25) is 0 Å². The zero-order valence-corrected chi connectivity index (χ0v) is 12.6. The highest BCUT2D eigenvalue weighted by molar-refractivity contribution is 6.09. The summed E-state index contributed by atoms with van der Waals surface area (Å²) in [5.41, 5.74) is 8.84. The number of ether oxygens (including phenoxy) is 1. The number of hydrogen-bond acceptors (Lipinski definition) is 3. The number of carbonyl (C=O) groups excluding carboxylic acids is 1. The average Bonchev–Trinajstić information content (AvgIpc) is 2.49. The van der Waals surface area contributed by atoms with Crippen LogP contribution < -0.4 is 15.4 Å². The van der Waals surface area contributed by atoms with Crippen LogP contribution in [0.15, 0.2) is 42.5 Å². The molecule has 21 heavy (non-hydrogen) atoms. The van der Waals surface area contributed by atoms with Gasteiger partial charge in [0.2, 0.25) is 0 Å². The molecule has 2 N–H and O–H groups in total. The van der Waals surface area contributed by atoms with E-state index in [0.29, 0.717) is 29.2 Å². The molecule has 0 aromatic heterocycles. The van der Waals surface area contributed by atoms with E-state index in [2.05, 4.69) is 0 Å². The second kappa shape index (κ2) is 6.31. The number of amides is 1. The first-order valence-electron chi connectivity index (χ1n) is 6.89. The van der Waals surface area contributed by atoms with Gasteiger partial charge >= 0.3 is 0 Å². The Labute approximate surface area is 125 Å². The smallest absolute Gasteiger partial charge is 0.262 e. The Hall–Kier alpha value is -2.49. The molecule has 0 bridgehead atoms. The van der Waals surface area contributed by atoms with E-state index >= 15 is 0 Å². The van der Waals surface area contributed by atoms with Crippen molar-refractivity contribution in [1.29, 1.82) is 0 Å². The SMILES string of the molecule is CCN(C(=O)c1cc(C)ccc1OC)c1ccccc1N. The molecule has 0 radical (unpaired) electrons. The minimum atomic E-state index is -0.115. The van der Waals surface area contributed by atoms with Gasteiger partial charge in [-0.2, -0.15) is 0 Å². The molecule has 0 unspecified atom stereocenters. The molecular formula is C17H20N2O2. The fourth-order valence-corrected chi connectivity index (χ4v) is 2.29. The number of nitrogen functional groups attached to an aromatic ring is 1. The number of nitrogens with zero attached hydrogens (tertiary/aromatic N) is 1. The minimum Gasteiger partial charge on any atom is -0.496 e. The summed E-state index contributed by atoms with van der Waals surface area (Å²) in [6.45, 7) is 4.40. The van der Waals surface area contributed by atoms with Crippen molar-refractivity contribution in [3.63, 3.8) is 0 Å². The molecule has 1 amide bonds. The van der Waals surface area contributed by atoms with Gasteiger partial charge in [0.25, 0.3) is 5.91 Å². The molecule has 4 heteroatoms. The summed E-state index contributed by atoms with van der Waals surface area (Å²) in [5.74, 6) is 0.453. The Morgan fingerprint density at radius 3 is 2.57 bits per heavy atom. The van der Waals surface area contributed by atoms with Crippen LogP contribution in [0.1, 0.15) is 22.8 Å². The third-order valence-electron chi connectivity index (χ3n) is 3.37. The van der Waals surface area contributed by atoms with Crippen molar-refractivity contribution in [2.24, 2.45) is 0 Å². The third-order valence-corrected chi connectivity index (χ3v) is 3.37. The molecule has 0 saturated carbocycles. The zero-order valence-electron chi connectivity index (χ0n) is 12.6. The van der Waals surface area contributed by atoms with Crippen LogP contribution in [0.3, 0.4) is 0 Å². The van der Waals surface area contributed by atoms with Crippen LogP contribution in [-0.2, 0) is 0 Å². The lowest BCUT2D eigenvalue weighted by molar-refractivity contribution is 0.0985. The topological polar surface area (TPSA) is 55.6 Å². The number of para-hydroxylation sites is 2. The van der Waals surface area contributed by atoms with Crippen LogP contribution >= 0.6 is 0 Å². The highest BCUT2D eigenvalue weighted by Gasteiger charge is 2.21. The molecule has 0 saturated heterocycles. The van der Waals surface area contributed by atoms with Crippen LogP contribution in [0.4, 0.5) is 11.4 Å². The third kappa shape index (κ3) is 2.99. The molecule has 2 aromatic rings. The van der Waals surface area contributed by atoms with E-state index in [1.807, 2.05) is 50.2 Å². The normalized spacial score (nSPS) is 10.2. The quantitative estimate of drug-likeness (QED) is 0.877. The van der Waals surface area contributed by atoms with Gasteiger partial charge in [-0.25, -0.2) is 0 Å². The first-order valence-corrected chi connectivity index (χ1v) is 6.89. The Kier molecular flexibility index (Phi) is 4.48. The Balaban J connectivity index is 2.46. The number of benzene rings is 2. The van der Waals surface area contributed by atoms with E-state index in [0.717, 1.165) is 5.56 Å². The second-order valence-electron chi connectivity index (χ2n) is 4.81. The van der Waals surface area contributed by atoms with Crippen molar-refractivity contribution in [1.82, 2.24) is 0 Å². The van der Waals surface area contributed by atoms with Gasteiger partial charge in [-0.05, 0) is 38.1 Å². The largest absolute Gasteiger partial charge is 0.496 e. The number of rotatable bonds is 4. The lowest BCUT2D eigenvalue weighted by Gasteiger charge is -2.23. The average molecular weight is 284 g/mol. The van der Waals surface area contributed by atoms with Crippen molar-refractivity contribution < 1.29 is 9.53 Å². The summed E-state index contributed by atoms with van der Waals surface area (Å²) >= 11 is 0. The maximum Gasteiger partial charge on any atom is 0.262 e.